The molecule has 0 spiro atoms. The number of anilines is 2. The van der Waals surface area contributed by atoms with Gasteiger partial charge in [-0.1, -0.05) is 0 Å². The van der Waals surface area contributed by atoms with E-state index in [0.717, 1.165) is 0 Å². The number of nitrogens with one attached hydrogen (secondary N) is 2. The maximum atomic E-state index is 12.5. The first-order valence-electron chi connectivity index (χ1n) is 7.77. The monoisotopic (exact) mass is 360 g/mol. The first-order chi connectivity index (χ1) is 12.5. The number of hydrogen-bond acceptors (Lipinski definition) is 8. The summed E-state index contributed by atoms with van der Waals surface area (Å²) in [5, 5.41) is 2.58. The third kappa shape index (κ3) is 2.30. The Hall–Kier alpha value is -3.43. The number of aromatic nitrogens is 2. The van der Waals surface area contributed by atoms with E-state index in [2.05, 4.69) is 15.3 Å². The van der Waals surface area contributed by atoms with Gasteiger partial charge in [0.1, 0.15) is 5.82 Å². The minimum Gasteiger partial charge on any atom is -0.492 e. The van der Waals surface area contributed by atoms with Crippen LogP contribution >= 0.6 is 0 Å². The summed E-state index contributed by atoms with van der Waals surface area (Å²) in [7, 11) is 2.94. The smallest absolute Gasteiger partial charge is 0.258 e. The van der Waals surface area contributed by atoms with Crippen LogP contribution in [-0.2, 0) is 4.79 Å². The van der Waals surface area contributed by atoms with Crippen LogP contribution in [0.25, 0.3) is 0 Å². The first kappa shape index (κ1) is 16.1. The van der Waals surface area contributed by atoms with E-state index in [1.165, 1.54) is 14.2 Å². The highest BCUT2D eigenvalue weighted by Crippen LogP contribution is 2.52. The number of carbonyl (C=O) groups excluding carboxylic acids is 1. The molecule has 1 atom stereocenters. The standard InChI is InChI=1S/C16H16N4O6/c1-23-11-7(3-8-12(13(11)24-2)26-5-25-8)6-4-9(21)18-14-10(6)15(22)20-16(17)19-14/h3,6H,4-5H2,1-2H3,(H4,17,18,19,20,21,22). The van der Waals surface area contributed by atoms with Gasteiger partial charge in [0.05, 0.1) is 19.8 Å². The van der Waals surface area contributed by atoms with Crippen molar-refractivity contribution in [3.8, 4) is 23.0 Å². The number of nitrogens with zero attached hydrogens (tertiary/aromatic N) is 1. The predicted octanol–water partition coefficient (Wildman–Crippen LogP) is 0.572. The molecular weight excluding hydrogens is 344 g/mol. The summed E-state index contributed by atoms with van der Waals surface area (Å²) in [6, 6.07) is 1.69. The molecule has 1 aromatic carbocycles. The van der Waals surface area contributed by atoms with Crippen LogP contribution in [0.4, 0.5) is 11.8 Å². The lowest BCUT2D eigenvalue weighted by Gasteiger charge is -2.26. The average molecular weight is 360 g/mol. The molecule has 136 valence electrons. The Bertz CT molecular complexity index is 970. The number of methoxy groups -OCH3 is 2. The molecule has 0 aliphatic carbocycles. The van der Waals surface area contributed by atoms with Gasteiger partial charge in [0, 0.05) is 17.9 Å². The fourth-order valence-corrected chi connectivity index (χ4v) is 3.32. The highest BCUT2D eigenvalue weighted by atomic mass is 16.7. The van der Waals surface area contributed by atoms with Crippen LogP contribution in [0.15, 0.2) is 10.9 Å². The maximum Gasteiger partial charge on any atom is 0.258 e. The number of aromatic amines is 1. The third-order valence-corrected chi connectivity index (χ3v) is 4.36. The maximum absolute atomic E-state index is 12.5. The van der Waals surface area contributed by atoms with Gasteiger partial charge in [0.2, 0.25) is 30.1 Å². The number of H-pyrrole nitrogens is 1. The molecule has 0 saturated carbocycles. The van der Waals surface area contributed by atoms with Crippen molar-refractivity contribution in [2.75, 3.05) is 32.1 Å². The minimum absolute atomic E-state index is 0.0286. The lowest BCUT2D eigenvalue weighted by molar-refractivity contribution is -0.116. The van der Waals surface area contributed by atoms with Crippen molar-refractivity contribution < 1.29 is 23.7 Å². The second-order valence-electron chi connectivity index (χ2n) is 5.78. The van der Waals surface area contributed by atoms with Gasteiger partial charge in [-0.05, 0) is 6.07 Å². The molecule has 1 amide bonds. The second kappa shape index (κ2) is 5.83. The Balaban J connectivity index is 1.97. The van der Waals surface area contributed by atoms with Crippen molar-refractivity contribution in [2.45, 2.75) is 12.3 Å². The summed E-state index contributed by atoms with van der Waals surface area (Å²) >= 11 is 0. The van der Waals surface area contributed by atoms with E-state index < -0.39 is 11.5 Å². The van der Waals surface area contributed by atoms with Gasteiger partial charge in [0.25, 0.3) is 5.56 Å². The minimum atomic E-state index is -0.617. The first-order valence-corrected chi connectivity index (χ1v) is 7.77. The van der Waals surface area contributed by atoms with Gasteiger partial charge >= 0.3 is 0 Å². The molecule has 0 fully saturated rings. The quantitative estimate of drug-likeness (QED) is 0.722. The SMILES string of the molecule is COc1c(C2CC(=O)Nc3nc(N)[nH]c(=O)c32)cc2c(c1OC)OCO2. The fourth-order valence-electron chi connectivity index (χ4n) is 3.32. The number of benzene rings is 1. The van der Waals surface area contributed by atoms with Gasteiger partial charge < -0.3 is 30.0 Å². The van der Waals surface area contributed by atoms with Gasteiger partial charge in [-0.3, -0.25) is 14.6 Å². The zero-order valence-electron chi connectivity index (χ0n) is 14.0. The summed E-state index contributed by atoms with van der Waals surface area (Å²) < 4.78 is 21.8. The number of fused-ring (bicyclic) bond motifs is 2. The van der Waals surface area contributed by atoms with Gasteiger partial charge in [-0.2, -0.15) is 4.98 Å². The number of hydrogen-bond donors (Lipinski definition) is 3. The van der Waals surface area contributed by atoms with E-state index in [4.69, 9.17) is 24.7 Å². The third-order valence-electron chi connectivity index (χ3n) is 4.36. The van der Waals surface area contributed by atoms with Crippen LogP contribution in [0.1, 0.15) is 23.5 Å². The summed E-state index contributed by atoms with van der Waals surface area (Å²) in [4.78, 5) is 31.2. The number of nitrogen functional groups attached to an aromatic ring is 1. The van der Waals surface area contributed by atoms with Crippen LogP contribution < -0.4 is 35.6 Å². The van der Waals surface area contributed by atoms with Gasteiger partial charge in [-0.15, -0.1) is 0 Å². The molecule has 1 unspecified atom stereocenters. The number of rotatable bonds is 3. The second-order valence-corrected chi connectivity index (χ2v) is 5.78. The van der Waals surface area contributed by atoms with Crippen LogP contribution in [0.5, 0.6) is 23.0 Å². The Morgan fingerprint density at radius 1 is 1.23 bits per heavy atom. The van der Waals surface area contributed by atoms with Crippen molar-refractivity contribution in [3.05, 3.63) is 27.5 Å². The lowest BCUT2D eigenvalue weighted by atomic mass is 9.85. The largest absolute Gasteiger partial charge is 0.492 e. The molecule has 10 nitrogen and oxygen atoms in total. The molecule has 3 heterocycles. The Morgan fingerprint density at radius 2 is 2.00 bits per heavy atom. The van der Waals surface area contributed by atoms with Crippen LogP contribution in [0, 0.1) is 0 Å². The molecule has 4 rings (SSSR count). The van der Waals surface area contributed by atoms with Crippen molar-refractivity contribution >= 4 is 17.7 Å². The number of amides is 1. The number of ether oxygens (including phenoxy) is 4. The Morgan fingerprint density at radius 3 is 2.73 bits per heavy atom. The van der Waals surface area contributed by atoms with Crippen molar-refractivity contribution in [1.82, 2.24) is 9.97 Å². The van der Waals surface area contributed by atoms with E-state index in [-0.39, 0.29) is 36.5 Å². The van der Waals surface area contributed by atoms with Crippen LogP contribution in [0.3, 0.4) is 0 Å². The topological polar surface area (TPSA) is 138 Å². The molecular formula is C16H16N4O6. The summed E-state index contributed by atoms with van der Waals surface area (Å²) in [6.45, 7) is 0.0404. The molecule has 2 aliphatic heterocycles. The summed E-state index contributed by atoms with van der Waals surface area (Å²) in [5.41, 5.74) is 6.00. The molecule has 2 aromatic rings. The summed E-state index contributed by atoms with van der Waals surface area (Å²) in [5.74, 6) is 0.704. The van der Waals surface area contributed by atoms with E-state index in [1.54, 1.807) is 6.07 Å². The highest BCUT2D eigenvalue weighted by Gasteiger charge is 2.36. The van der Waals surface area contributed by atoms with E-state index in [1.807, 2.05) is 0 Å². The van der Waals surface area contributed by atoms with Gasteiger partial charge in [-0.25, -0.2) is 0 Å². The Kier molecular flexibility index (Phi) is 3.60. The average Bonchev–Trinajstić information content (AvgIpc) is 3.06. The molecule has 4 N–H and O–H groups in total. The molecule has 0 saturated heterocycles. The van der Waals surface area contributed by atoms with Gasteiger partial charge in [0.15, 0.2) is 11.5 Å². The molecule has 1 aromatic heterocycles. The predicted molar refractivity (Wildman–Crippen MR) is 90.0 cm³/mol. The molecule has 0 radical (unpaired) electrons. The zero-order chi connectivity index (χ0) is 18.4. The number of nitrogens with two attached hydrogens (primary N) is 1. The highest BCUT2D eigenvalue weighted by molar-refractivity contribution is 5.94. The molecule has 26 heavy (non-hydrogen) atoms. The Labute approximate surface area is 147 Å². The number of carbonyl (C=O) groups is 1. The lowest BCUT2D eigenvalue weighted by Crippen LogP contribution is -2.31. The normalized spacial score (nSPS) is 17.5. The summed E-state index contributed by atoms with van der Waals surface area (Å²) in [6.07, 6.45) is 0.0286. The fraction of sp³-hybridized carbons (Fsp3) is 0.312. The zero-order valence-corrected chi connectivity index (χ0v) is 14.0. The van der Waals surface area contributed by atoms with Crippen LogP contribution in [0.2, 0.25) is 0 Å². The molecule has 2 aliphatic rings. The molecule has 0 bridgehead atoms. The van der Waals surface area contributed by atoms with E-state index >= 15 is 0 Å². The molecule has 10 heteroatoms. The van der Waals surface area contributed by atoms with E-state index in [9.17, 15) is 9.59 Å². The van der Waals surface area contributed by atoms with Crippen molar-refractivity contribution in [3.63, 3.8) is 0 Å². The van der Waals surface area contributed by atoms with Crippen molar-refractivity contribution in [1.29, 1.82) is 0 Å². The van der Waals surface area contributed by atoms with Crippen molar-refractivity contribution in [2.24, 2.45) is 0 Å². The van der Waals surface area contributed by atoms with E-state index in [0.29, 0.717) is 28.6 Å². The van der Waals surface area contributed by atoms with Crippen LogP contribution in [-0.4, -0.2) is 36.9 Å².